The lowest BCUT2D eigenvalue weighted by molar-refractivity contribution is -0.132. The molecule has 1 aromatic rings. The lowest BCUT2D eigenvalue weighted by atomic mass is 10.3. The second-order valence-corrected chi connectivity index (χ2v) is 3.79. The van der Waals surface area contributed by atoms with E-state index in [4.69, 9.17) is 11.6 Å². The van der Waals surface area contributed by atoms with Crippen molar-refractivity contribution in [2.75, 3.05) is 19.5 Å². The van der Waals surface area contributed by atoms with Gasteiger partial charge in [0.15, 0.2) is 0 Å². The first-order valence-corrected chi connectivity index (χ1v) is 5.62. The highest BCUT2D eigenvalue weighted by Gasteiger charge is 2.11. The van der Waals surface area contributed by atoms with Gasteiger partial charge in [-0.1, -0.05) is 6.07 Å². The van der Waals surface area contributed by atoms with E-state index in [1.807, 2.05) is 6.07 Å². The largest absolute Gasteiger partial charge is 0.350 e. The molecular weight excluding hydrogens is 242 g/mol. The number of alkyl halides is 1. The molecule has 0 aliphatic rings. The predicted molar refractivity (Wildman–Crippen MR) is 64.4 cm³/mol. The first-order chi connectivity index (χ1) is 8.13. The lowest BCUT2D eigenvalue weighted by Crippen LogP contribution is -2.38. The second-order valence-electron chi connectivity index (χ2n) is 3.52. The van der Waals surface area contributed by atoms with Crippen LogP contribution in [0.5, 0.6) is 0 Å². The van der Waals surface area contributed by atoms with Gasteiger partial charge in [0.2, 0.25) is 11.8 Å². The van der Waals surface area contributed by atoms with Crippen LogP contribution < -0.4 is 5.32 Å². The summed E-state index contributed by atoms with van der Waals surface area (Å²) in [5, 5.41) is 2.69. The van der Waals surface area contributed by atoms with E-state index in [-0.39, 0.29) is 24.2 Å². The minimum Gasteiger partial charge on any atom is -0.350 e. The number of aromatic nitrogens is 1. The molecule has 0 fully saturated rings. The SMILES string of the molecule is CN(CC(=O)NCc1cccnc1)C(=O)CCl. The Morgan fingerprint density at radius 3 is 2.88 bits per heavy atom. The summed E-state index contributed by atoms with van der Waals surface area (Å²) < 4.78 is 0. The molecule has 92 valence electrons. The summed E-state index contributed by atoms with van der Waals surface area (Å²) in [4.78, 5) is 27.8. The minimum atomic E-state index is -0.275. The highest BCUT2D eigenvalue weighted by molar-refractivity contribution is 6.27. The molecule has 0 radical (unpaired) electrons. The van der Waals surface area contributed by atoms with Gasteiger partial charge in [-0.2, -0.15) is 0 Å². The summed E-state index contributed by atoms with van der Waals surface area (Å²) in [6.45, 7) is 0.404. The molecule has 1 heterocycles. The van der Waals surface area contributed by atoms with Crippen LogP contribution in [0.15, 0.2) is 24.5 Å². The van der Waals surface area contributed by atoms with Crippen molar-refractivity contribution in [1.29, 1.82) is 0 Å². The number of likely N-dealkylation sites (N-methyl/N-ethyl adjacent to an activating group) is 1. The molecule has 5 nitrogen and oxygen atoms in total. The van der Waals surface area contributed by atoms with E-state index in [9.17, 15) is 9.59 Å². The molecule has 0 aliphatic heterocycles. The smallest absolute Gasteiger partial charge is 0.239 e. The van der Waals surface area contributed by atoms with E-state index < -0.39 is 0 Å². The fraction of sp³-hybridized carbons (Fsp3) is 0.364. The summed E-state index contributed by atoms with van der Waals surface area (Å²) >= 11 is 5.37. The molecule has 6 heteroatoms. The third-order valence-electron chi connectivity index (χ3n) is 2.13. The summed E-state index contributed by atoms with van der Waals surface area (Å²) in [7, 11) is 1.54. The van der Waals surface area contributed by atoms with Gasteiger partial charge >= 0.3 is 0 Å². The van der Waals surface area contributed by atoms with Gasteiger partial charge in [0.25, 0.3) is 0 Å². The highest BCUT2D eigenvalue weighted by atomic mass is 35.5. The molecule has 17 heavy (non-hydrogen) atoms. The topological polar surface area (TPSA) is 62.3 Å². The van der Waals surface area contributed by atoms with E-state index in [1.165, 1.54) is 11.9 Å². The number of carbonyl (C=O) groups is 2. The van der Waals surface area contributed by atoms with Gasteiger partial charge in [0.1, 0.15) is 5.88 Å². The molecule has 1 N–H and O–H groups in total. The zero-order valence-corrected chi connectivity index (χ0v) is 10.3. The number of nitrogens with zero attached hydrogens (tertiary/aromatic N) is 2. The van der Waals surface area contributed by atoms with Gasteiger partial charge < -0.3 is 10.2 Å². The average Bonchev–Trinajstić information content (AvgIpc) is 2.36. The fourth-order valence-electron chi connectivity index (χ4n) is 1.16. The summed E-state index contributed by atoms with van der Waals surface area (Å²) in [5.41, 5.74) is 0.909. The van der Waals surface area contributed by atoms with E-state index in [0.717, 1.165) is 5.56 Å². The van der Waals surface area contributed by atoms with Crippen LogP contribution in [0.4, 0.5) is 0 Å². The number of carbonyl (C=O) groups excluding carboxylic acids is 2. The van der Waals surface area contributed by atoms with Crippen LogP contribution in [-0.2, 0) is 16.1 Å². The Labute approximate surface area is 105 Å². The second kappa shape index (κ2) is 6.85. The predicted octanol–water partition coefficient (Wildman–Crippen LogP) is 0.395. The molecule has 0 aromatic carbocycles. The van der Waals surface area contributed by atoms with Gasteiger partial charge in [0, 0.05) is 26.0 Å². The zero-order valence-electron chi connectivity index (χ0n) is 9.52. The molecule has 0 saturated carbocycles. The molecule has 0 atom stereocenters. The molecular formula is C11H14ClN3O2. The van der Waals surface area contributed by atoms with Crippen LogP contribution in [0.2, 0.25) is 0 Å². The van der Waals surface area contributed by atoms with Gasteiger partial charge in [-0.3, -0.25) is 14.6 Å². The first kappa shape index (κ1) is 13.4. The fourth-order valence-corrected chi connectivity index (χ4v) is 1.37. The number of rotatable bonds is 5. The van der Waals surface area contributed by atoms with Crippen molar-refractivity contribution < 1.29 is 9.59 Å². The van der Waals surface area contributed by atoms with Crippen LogP contribution in [0.3, 0.4) is 0 Å². The van der Waals surface area contributed by atoms with Crippen LogP contribution in [0.1, 0.15) is 5.56 Å². The number of halogens is 1. The Kier molecular flexibility index (Phi) is 5.42. The monoisotopic (exact) mass is 255 g/mol. The van der Waals surface area contributed by atoms with Crippen molar-refractivity contribution in [3.63, 3.8) is 0 Å². The number of nitrogens with one attached hydrogen (secondary N) is 1. The summed E-state index contributed by atoms with van der Waals surface area (Å²) in [6, 6.07) is 3.66. The van der Waals surface area contributed by atoms with Gasteiger partial charge in [-0.05, 0) is 11.6 Å². The highest BCUT2D eigenvalue weighted by Crippen LogP contribution is 1.94. The molecule has 0 bridgehead atoms. The maximum absolute atomic E-state index is 11.5. The van der Waals surface area contributed by atoms with Crippen molar-refractivity contribution in [3.8, 4) is 0 Å². The van der Waals surface area contributed by atoms with Crippen LogP contribution >= 0.6 is 11.6 Å². The third-order valence-corrected chi connectivity index (χ3v) is 2.36. The quantitative estimate of drug-likeness (QED) is 0.775. The maximum Gasteiger partial charge on any atom is 0.239 e. The molecule has 0 aliphatic carbocycles. The Morgan fingerprint density at radius 2 is 2.29 bits per heavy atom. The first-order valence-electron chi connectivity index (χ1n) is 5.09. The van der Waals surface area contributed by atoms with E-state index in [0.29, 0.717) is 6.54 Å². The Hall–Kier alpha value is -1.62. The minimum absolute atomic E-state index is 0.00577. The molecule has 2 amide bonds. The van der Waals surface area contributed by atoms with E-state index in [2.05, 4.69) is 10.3 Å². The normalized spacial score (nSPS) is 9.76. The number of hydrogen-bond acceptors (Lipinski definition) is 3. The third kappa shape index (κ3) is 4.82. The Morgan fingerprint density at radius 1 is 1.53 bits per heavy atom. The van der Waals surface area contributed by atoms with Gasteiger partial charge in [-0.15, -0.1) is 11.6 Å². The standard InChI is InChI=1S/C11H14ClN3O2/c1-15(11(17)5-12)8-10(16)14-7-9-3-2-4-13-6-9/h2-4,6H,5,7-8H2,1H3,(H,14,16). The van der Waals surface area contributed by atoms with E-state index in [1.54, 1.807) is 18.5 Å². The van der Waals surface area contributed by atoms with Crippen LogP contribution in [0, 0.1) is 0 Å². The van der Waals surface area contributed by atoms with E-state index >= 15 is 0 Å². The molecule has 0 unspecified atom stereocenters. The average molecular weight is 256 g/mol. The van der Waals surface area contributed by atoms with Crippen LogP contribution in [0.25, 0.3) is 0 Å². The number of pyridine rings is 1. The molecule has 0 spiro atoms. The number of hydrogen-bond donors (Lipinski definition) is 1. The molecule has 1 aromatic heterocycles. The summed E-state index contributed by atoms with van der Waals surface area (Å²) in [6.07, 6.45) is 3.34. The van der Waals surface area contributed by atoms with Crippen molar-refractivity contribution in [3.05, 3.63) is 30.1 Å². The summed E-state index contributed by atoms with van der Waals surface area (Å²) in [5.74, 6) is -0.621. The maximum atomic E-state index is 11.5. The number of amides is 2. The van der Waals surface area contributed by atoms with Crippen LogP contribution in [-0.4, -0.2) is 41.2 Å². The van der Waals surface area contributed by atoms with Crippen molar-refractivity contribution in [2.24, 2.45) is 0 Å². The lowest BCUT2D eigenvalue weighted by Gasteiger charge is -2.15. The van der Waals surface area contributed by atoms with Gasteiger partial charge in [0.05, 0.1) is 6.54 Å². The Bertz CT molecular complexity index is 384. The molecule has 0 saturated heterocycles. The van der Waals surface area contributed by atoms with Crippen molar-refractivity contribution in [1.82, 2.24) is 15.2 Å². The zero-order chi connectivity index (χ0) is 12.7. The molecule has 1 rings (SSSR count). The van der Waals surface area contributed by atoms with Gasteiger partial charge in [-0.25, -0.2) is 0 Å². The Balaban J connectivity index is 2.33. The van der Waals surface area contributed by atoms with Crippen molar-refractivity contribution in [2.45, 2.75) is 6.54 Å². The van der Waals surface area contributed by atoms with Crippen molar-refractivity contribution >= 4 is 23.4 Å².